The molecule has 0 saturated carbocycles. The third-order valence-corrected chi connectivity index (χ3v) is 0.569. The lowest BCUT2D eigenvalue weighted by Gasteiger charge is -2.09. The molecule has 1 rings (SSSR count). The lowest BCUT2D eigenvalue weighted by atomic mass is 10.4. The highest BCUT2D eigenvalue weighted by Crippen LogP contribution is 1.97. The van der Waals surface area contributed by atoms with Crippen LogP contribution in [0.4, 0.5) is 0 Å². The fourth-order valence-corrected chi connectivity index (χ4v) is 0.185. The van der Waals surface area contributed by atoms with E-state index >= 15 is 0 Å². The monoisotopic (exact) mass is 102 g/mol. The predicted octanol–water partition coefficient (Wildman–Crippen LogP) is 0.960. The molecule has 2 nitrogen and oxygen atoms in total. The van der Waals surface area contributed by atoms with Gasteiger partial charge in [0.25, 0.3) is 0 Å². The molecule has 0 unspecified atom stereocenters. The van der Waals surface area contributed by atoms with Gasteiger partial charge in [-0.15, -0.1) is 0 Å². The summed E-state index contributed by atoms with van der Waals surface area (Å²) >= 11 is 0. The predicted molar refractivity (Wildman–Crippen MR) is 26.9 cm³/mol. The van der Waals surface area contributed by atoms with Gasteiger partial charge in [0.2, 0.25) is 0 Å². The van der Waals surface area contributed by atoms with Crippen LogP contribution in [-0.2, 0) is 9.53 Å². The molecule has 1 saturated heterocycles. The fourth-order valence-electron chi connectivity index (χ4n) is 0.185. The van der Waals surface area contributed by atoms with E-state index in [0.717, 1.165) is 0 Å². The lowest BCUT2D eigenvalue weighted by molar-refractivity contribution is -0.157. The number of hydrogen-bond donors (Lipinski definition) is 0. The van der Waals surface area contributed by atoms with E-state index in [2.05, 4.69) is 4.74 Å². The molecule has 0 radical (unpaired) electrons. The van der Waals surface area contributed by atoms with Crippen LogP contribution in [-0.4, -0.2) is 12.6 Å². The molecule has 1 heterocycles. The van der Waals surface area contributed by atoms with E-state index < -0.39 is 0 Å². The summed E-state index contributed by atoms with van der Waals surface area (Å²) in [6.07, 6.45) is 0.625. The molecule has 2 heteroatoms. The third kappa shape index (κ3) is 2.20. The SMILES string of the molecule is CC.O=C1CCO1. The summed E-state index contributed by atoms with van der Waals surface area (Å²) < 4.78 is 4.29. The Kier molecular flexibility index (Phi) is 3.38. The van der Waals surface area contributed by atoms with Crippen LogP contribution in [0.15, 0.2) is 0 Å². The van der Waals surface area contributed by atoms with E-state index in [1.165, 1.54) is 0 Å². The molecule has 0 bridgehead atoms. The molecule has 42 valence electrons. The number of esters is 1. The van der Waals surface area contributed by atoms with Gasteiger partial charge in [0.1, 0.15) is 6.61 Å². The number of ether oxygens (including phenoxy) is 1. The zero-order valence-corrected chi connectivity index (χ0v) is 4.73. The zero-order chi connectivity index (χ0) is 5.70. The van der Waals surface area contributed by atoms with Crippen LogP contribution >= 0.6 is 0 Å². The summed E-state index contributed by atoms with van der Waals surface area (Å²) in [5, 5.41) is 0. The molecule has 0 aliphatic carbocycles. The van der Waals surface area contributed by atoms with E-state index in [4.69, 9.17) is 0 Å². The second-order valence-corrected chi connectivity index (χ2v) is 0.970. The third-order valence-electron chi connectivity index (χ3n) is 0.569. The minimum Gasteiger partial charge on any atom is -0.465 e. The average Bonchev–Trinajstić information content (AvgIpc) is 1.68. The van der Waals surface area contributed by atoms with Crippen LogP contribution in [0, 0.1) is 0 Å². The molecular weight excluding hydrogens is 92.1 g/mol. The highest BCUT2D eigenvalue weighted by atomic mass is 16.6. The summed E-state index contributed by atoms with van der Waals surface area (Å²) in [7, 11) is 0. The Bertz CT molecular complexity index is 53.1. The van der Waals surface area contributed by atoms with Crippen LogP contribution in [0.5, 0.6) is 0 Å². The van der Waals surface area contributed by atoms with E-state index in [-0.39, 0.29) is 5.97 Å². The van der Waals surface area contributed by atoms with Gasteiger partial charge >= 0.3 is 5.97 Å². The molecule has 0 aromatic carbocycles. The molecule has 0 spiro atoms. The van der Waals surface area contributed by atoms with Crippen molar-refractivity contribution >= 4 is 5.97 Å². The first-order valence-corrected chi connectivity index (χ1v) is 2.55. The van der Waals surface area contributed by atoms with Crippen molar-refractivity contribution in [2.24, 2.45) is 0 Å². The molecule has 0 aromatic rings. The number of hydrogen-bond acceptors (Lipinski definition) is 2. The Morgan fingerprint density at radius 1 is 1.57 bits per heavy atom. The van der Waals surface area contributed by atoms with Gasteiger partial charge in [-0.05, 0) is 0 Å². The first-order valence-electron chi connectivity index (χ1n) is 2.55. The maximum absolute atomic E-state index is 9.68. The van der Waals surface area contributed by atoms with Crippen molar-refractivity contribution in [1.29, 1.82) is 0 Å². The Labute approximate surface area is 43.5 Å². The summed E-state index contributed by atoms with van der Waals surface area (Å²) in [5.74, 6) is -0.0648. The minimum absolute atomic E-state index is 0.0648. The highest BCUT2D eigenvalue weighted by molar-refractivity contribution is 5.73. The van der Waals surface area contributed by atoms with Crippen LogP contribution in [0.2, 0.25) is 0 Å². The first kappa shape index (κ1) is 6.47. The highest BCUT2D eigenvalue weighted by Gasteiger charge is 2.10. The van der Waals surface area contributed by atoms with Crippen molar-refractivity contribution in [3.8, 4) is 0 Å². The average molecular weight is 102 g/mol. The summed E-state index contributed by atoms with van der Waals surface area (Å²) in [6.45, 7) is 4.64. The topological polar surface area (TPSA) is 26.3 Å². The van der Waals surface area contributed by atoms with E-state index in [1.807, 2.05) is 13.8 Å². The Balaban J connectivity index is 0.000000162. The fraction of sp³-hybridized carbons (Fsp3) is 0.800. The Hall–Kier alpha value is -0.530. The van der Waals surface area contributed by atoms with E-state index in [0.29, 0.717) is 13.0 Å². The quantitative estimate of drug-likeness (QED) is 0.426. The zero-order valence-electron chi connectivity index (χ0n) is 4.73. The van der Waals surface area contributed by atoms with Gasteiger partial charge in [0.05, 0.1) is 6.42 Å². The number of rotatable bonds is 0. The van der Waals surface area contributed by atoms with Crippen molar-refractivity contribution in [2.45, 2.75) is 20.3 Å². The molecule has 1 fully saturated rings. The van der Waals surface area contributed by atoms with Gasteiger partial charge in [0, 0.05) is 0 Å². The molecule has 0 aromatic heterocycles. The van der Waals surface area contributed by atoms with Gasteiger partial charge in [-0.1, -0.05) is 13.8 Å². The van der Waals surface area contributed by atoms with Crippen molar-refractivity contribution in [1.82, 2.24) is 0 Å². The van der Waals surface area contributed by atoms with Gasteiger partial charge in [0.15, 0.2) is 0 Å². The standard InChI is InChI=1S/C3H4O2.C2H6/c4-3-1-2-5-3;1-2/h1-2H2;1-2H3. The van der Waals surface area contributed by atoms with E-state index in [1.54, 1.807) is 0 Å². The minimum atomic E-state index is -0.0648. The smallest absolute Gasteiger partial charge is 0.309 e. The molecule has 0 atom stereocenters. The van der Waals surface area contributed by atoms with Crippen molar-refractivity contribution < 1.29 is 9.53 Å². The molecule has 0 amide bonds. The Morgan fingerprint density at radius 3 is 1.86 bits per heavy atom. The number of cyclic esters (lactones) is 1. The van der Waals surface area contributed by atoms with Crippen LogP contribution in [0.25, 0.3) is 0 Å². The van der Waals surface area contributed by atoms with Crippen LogP contribution in [0.1, 0.15) is 20.3 Å². The van der Waals surface area contributed by atoms with Crippen molar-refractivity contribution in [3.63, 3.8) is 0 Å². The molecule has 7 heavy (non-hydrogen) atoms. The van der Waals surface area contributed by atoms with Gasteiger partial charge in [-0.3, -0.25) is 4.79 Å². The summed E-state index contributed by atoms with van der Waals surface area (Å²) in [6, 6.07) is 0. The van der Waals surface area contributed by atoms with Crippen molar-refractivity contribution in [2.75, 3.05) is 6.61 Å². The lowest BCUT2D eigenvalue weighted by Crippen LogP contribution is -2.18. The van der Waals surface area contributed by atoms with E-state index in [9.17, 15) is 4.79 Å². The molecular formula is C5H10O2. The molecule has 1 aliphatic heterocycles. The van der Waals surface area contributed by atoms with Gasteiger partial charge in [-0.25, -0.2) is 0 Å². The maximum Gasteiger partial charge on any atom is 0.309 e. The molecule has 0 N–H and O–H groups in total. The second-order valence-electron chi connectivity index (χ2n) is 0.970. The van der Waals surface area contributed by atoms with Gasteiger partial charge in [-0.2, -0.15) is 0 Å². The largest absolute Gasteiger partial charge is 0.465 e. The number of carbonyl (C=O) groups is 1. The van der Waals surface area contributed by atoms with Crippen LogP contribution in [0.3, 0.4) is 0 Å². The van der Waals surface area contributed by atoms with Crippen molar-refractivity contribution in [3.05, 3.63) is 0 Å². The second kappa shape index (κ2) is 3.65. The number of carbonyl (C=O) groups excluding carboxylic acids is 1. The maximum atomic E-state index is 9.68. The molecule has 1 aliphatic rings. The van der Waals surface area contributed by atoms with Crippen LogP contribution < -0.4 is 0 Å². The summed E-state index contributed by atoms with van der Waals surface area (Å²) in [4.78, 5) is 9.68. The Morgan fingerprint density at radius 2 is 1.86 bits per heavy atom. The van der Waals surface area contributed by atoms with Gasteiger partial charge < -0.3 is 4.74 Å². The first-order chi connectivity index (χ1) is 3.39. The summed E-state index contributed by atoms with van der Waals surface area (Å²) in [5.41, 5.74) is 0. The normalized spacial score (nSPS) is 15.4.